The van der Waals surface area contributed by atoms with Crippen LogP contribution in [0.3, 0.4) is 0 Å². The molecule has 2 saturated heterocycles. The largest absolute Gasteiger partial charge is 0.366 e. The molecular weight excluding hydrogens is 322 g/mol. The second kappa shape index (κ2) is 5.86. The van der Waals surface area contributed by atoms with Crippen molar-refractivity contribution in [1.29, 1.82) is 0 Å². The van der Waals surface area contributed by atoms with Gasteiger partial charge in [-0.25, -0.2) is 8.42 Å². The first-order valence-electron chi connectivity index (χ1n) is 8.21. The summed E-state index contributed by atoms with van der Waals surface area (Å²) >= 11 is 0. The van der Waals surface area contributed by atoms with Crippen LogP contribution in [0.1, 0.15) is 12.1 Å². The molecule has 6 heteroatoms. The first-order valence-corrected chi connectivity index (χ1v) is 10.1. The zero-order chi connectivity index (χ0) is 16.7. The molecule has 24 heavy (non-hydrogen) atoms. The number of rotatable bonds is 4. The molecule has 126 valence electrons. The molecule has 2 fully saturated rings. The number of aromatic nitrogens is 1. The Labute approximate surface area is 142 Å². The number of likely N-dealkylation sites (tertiary alicyclic amines) is 1. The minimum atomic E-state index is -3.13. The highest BCUT2D eigenvalue weighted by atomic mass is 32.2. The molecule has 2 atom stereocenters. The Kier molecular flexibility index (Phi) is 3.81. The third-order valence-corrected chi connectivity index (χ3v) is 6.17. The van der Waals surface area contributed by atoms with Gasteiger partial charge < -0.3 is 4.90 Å². The molecule has 2 unspecified atom stereocenters. The maximum atomic E-state index is 11.6. The van der Waals surface area contributed by atoms with Gasteiger partial charge in [-0.15, -0.1) is 0 Å². The van der Waals surface area contributed by atoms with E-state index in [0.29, 0.717) is 17.0 Å². The number of nitrogens with zero attached hydrogens (tertiary/aromatic N) is 3. The number of sulfone groups is 1. The van der Waals surface area contributed by atoms with Crippen LogP contribution in [0.5, 0.6) is 0 Å². The van der Waals surface area contributed by atoms with Gasteiger partial charge in [0.15, 0.2) is 9.84 Å². The smallest absolute Gasteiger partial charge is 0.175 e. The number of piperazine rings is 1. The highest BCUT2D eigenvalue weighted by Gasteiger charge is 2.43. The van der Waals surface area contributed by atoms with Crippen molar-refractivity contribution in [3.8, 4) is 0 Å². The molecule has 0 amide bonds. The molecule has 5 nitrogen and oxygen atoms in total. The summed E-state index contributed by atoms with van der Waals surface area (Å²) in [6, 6.07) is 14.4. The second-order valence-electron chi connectivity index (χ2n) is 6.71. The SMILES string of the molecule is CS(=O)(=O)c1ccc(N2CC3CC2CN3Cc2ccccn2)cc1. The molecule has 0 N–H and O–H groups in total. The molecular formula is C18H21N3O2S. The highest BCUT2D eigenvalue weighted by Crippen LogP contribution is 2.35. The van der Waals surface area contributed by atoms with Crippen LogP contribution in [0.2, 0.25) is 0 Å². The predicted octanol–water partition coefficient (Wildman–Crippen LogP) is 1.95. The van der Waals surface area contributed by atoms with Crippen molar-refractivity contribution in [1.82, 2.24) is 9.88 Å². The first kappa shape index (κ1) is 15.6. The quantitative estimate of drug-likeness (QED) is 0.849. The van der Waals surface area contributed by atoms with Crippen molar-refractivity contribution in [2.24, 2.45) is 0 Å². The lowest BCUT2D eigenvalue weighted by molar-refractivity contribution is 0.228. The molecule has 0 spiro atoms. The van der Waals surface area contributed by atoms with Crippen LogP contribution in [-0.2, 0) is 16.4 Å². The average molecular weight is 343 g/mol. The van der Waals surface area contributed by atoms with E-state index in [2.05, 4.69) is 20.9 Å². The van der Waals surface area contributed by atoms with Crippen LogP contribution in [0.15, 0.2) is 53.6 Å². The predicted molar refractivity (Wildman–Crippen MR) is 93.7 cm³/mol. The van der Waals surface area contributed by atoms with Gasteiger partial charge in [-0.1, -0.05) is 6.07 Å². The summed E-state index contributed by atoms with van der Waals surface area (Å²) in [6.07, 6.45) is 4.26. The van der Waals surface area contributed by atoms with Crippen LogP contribution in [0.4, 0.5) is 5.69 Å². The van der Waals surface area contributed by atoms with Crippen molar-refractivity contribution in [3.63, 3.8) is 0 Å². The van der Waals surface area contributed by atoms with Crippen molar-refractivity contribution in [3.05, 3.63) is 54.4 Å². The molecule has 1 aromatic heterocycles. The topological polar surface area (TPSA) is 53.5 Å². The molecule has 4 rings (SSSR count). The van der Waals surface area contributed by atoms with E-state index in [4.69, 9.17) is 0 Å². The lowest BCUT2D eigenvalue weighted by Crippen LogP contribution is -2.46. The summed E-state index contributed by atoms with van der Waals surface area (Å²) in [6.45, 7) is 2.94. The maximum Gasteiger partial charge on any atom is 0.175 e. The molecule has 3 heterocycles. The number of hydrogen-bond acceptors (Lipinski definition) is 5. The summed E-state index contributed by atoms with van der Waals surface area (Å²) in [7, 11) is -3.13. The molecule has 0 radical (unpaired) electrons. The minimum absolute atomic E-state index is 0.382. The Hall–Kier alpha value is -1.92. The van der Waals surface area contributed by atoms with Crippen molar-refractivity contribution < 1.29 is 8.42 Å². The van der Waals surface area contributed by atoms with Gasteiger partial charge in [0.2, 0.25) is 0 Å². The lowest BCUT2D eigenvalue weighted by Gasteiger charge is -2.35. The Morgan fingerprint density at radius 3 is 2.46 bits per heavy atom. The number of benzene rings is 1. The Bertz CT molecular complexity index is 821. The van der Waals surface area contributed by atoms with Crippen LogP contribution < -0.4 is 4.90 Å². The summed E-state index contributed by atoms with van der Waals surface area (Å²) in [5.41, 5.74) is 2.24. The molecule has 0 saturated carbocycles. The van der Waals surface area contributed by atoms with Crippen molar-refractivity contribution in [2.75, 3.05) is 24.2 Å². The van der Waals surface area contributed by atoms with Gasteiger partial charge in [0.25, 0.3) is 0 Å². The second-order valence-corrected chi connectivity index (χ2v) is 8.73. The van der Waals surface area contributed by atoms with E-state index >= 15 is 0 Å². The Morgan fingerprint density at radius 1 is 1.08 bits per heavy atom. The van der Waals surface area contributed by atoms with Gasteiger partial charge in [-0.05, 0) is 42.8 Å². The molecule has 2 aliphatic heterocycles. The van der Waals surface area contributed by atoms with Crippen molar-refractivity contribution >= 4 is 15.5 Å². The molecule has 1 aromatic carbocycles. The zero-order valence-corrected chi connectivity index (χ0v) is 14.5. The molecule has 2 aliphatic rings. The van der Waals surface area contributed by atoms with E-state index in [-0.39, 0.29) is 0 Å². The number of anilines is 1. The fourth-order valence-electron chi connectivity index (χ4n) is 3.84. The number of hydrogen-bond donors (Lipinski definition) is 0. The van der Waals surface area contributed by atoms with Crippen LogP contribution in [0.25, 0.3) is 0 Å². The van der Waals surface area contributed by atoms with E-state index in [1.807, 2.05) is 30.5 Å². The first-order chi connectivity index (χ1) is 11.5. The van der Waals surface area contributed by atoms with E-state index < -0.39 is 9.84 Å². The summed E-state index contributed by atoms with van der Waals surface area (Å²) in [5, 5.41) is 0. The lowest BCUT2D eigenvalue weighted by atomic mass is 10.2. The summed E-state index contributed by atoms with van der Waals surface area (Å²) in [5.74, 6) is 0. The fraction of sp³-hybridized carbons (Fsp3) is 0.389. The summed E-state index contributed by atoms with van der Waals surface area (Å²) in [4.78, 5) is 9.72. The van der Waals surface area contributed by atoms with Crippen molar-refractivity contribution in [2.45, 2.75) is 29.9 Å². The number of pyridine rings is 1. The van der Waals surface area contributed by atoms with Crippen LogP contribution in [-0.4, -0.2) is 49.7 Å². The maximum absolute atomic E-state index is 11.6. The molecule has 2 aromatic rings. The van der Waals surface area contributed by atoms with E-state index in [0.717, 1.165) is 31.0 Å². The standard InChI is InChI=1S/C18H21N3O2S/c1-24(22,23)18-7-5-15(6-8-18)21-13-16-10-17(21)12-20(16)11-14-4-2-3-9-19-14/h2-9,16-17H,10-13H2,1H3. The van der Waals surface area contributed by atoms with Gasteiger partial charge in [0.1, 0.15) is 0 Å². The van der Waals surface area contributed by atoms with Gasteiger partial charge >= 0.3 is 0 Å². The van der Waals surface area contributed by atoms with E-state index in [1.165, 1.54) is 12.7 Å². The molecule has 2 bridgehead atoms. The minimum Gasteiger partial charge on any atom is -0.366 e. The van der Waals surface area contributed by atoms with Crippen LogP contribution in [0, 0.1) is 0 Å². The Balaban J connectivity index is 1.45. The van der Waals surface area contributed by atoms with Crippen LogP contribution >= 0.6 is 0 Å². The van der Waals surface area contributed by atoms with Gasteiger partial charge in [0.05, 0.1) is 10.6 Å². The third-order valence-electron chi connectivity index (χ3n) is 5.04. The summed E-state index contributed by atoms with van der Waals surface area (Å²) < 4.78 is 23.2. The third kappa shape index (κ3) is 2.91. The number of fused-ring (bicyclic) bond motifs is 2. The van der Waals surface area contributed by atoms with E-state index in [9.17, 15) is 8.42 Å². The van der Waals surface area contributed by atoms with Gasteiger partial charge in [-0.2, -0.15) is 0 Å². The molecule has 0 aliphatic carbocycles. The normalized spacial score (nSPS) is 23.8. The fourth-order valence-corrected chi connectivity index (χ4v) is 4.47. The monoisotopic (exact) mass is 343 g/mol. The zero-order valence-electron chi connectivity index (χ0n) is 13.7. The average Bonchev–Trinajstić information content (AvgIpc) is 3.15. The van der Waals surface area contributed by atoms with Gasteiger partial charge in [-0.3, -0.25) is 9.88 Å². The Morgan fingerprint density at radius 2 is 1.88 bits per heavy atom. The van der Waals surface area contributed by atoms with E-state index in [1.54, 1.807) is 12.1 Å². The van der Waals surface area contributed by atoms with Gasteiger partial charge in [0, 0.05) is 49.9 Å². The highest BCUT2D eigenvalue weighted by molar-refractivity contribution is 7.90.